The van der Waals surface area contributed by atoms with Crippen molar-refractivity contribution in [2.24, 2.45) is 0 Å². The molecule has 4 nitrogen and oxygen atoms in total. The monoisotopic (exact) mass is 483 g/mol. The molecule has 3 aromatic rings. The lowest BCUT2D eigenvalue weighted by atomic mass is 9.87. The van der Waals surface area contributed by atoms with Crippen LogP contribution in [0.5, 0.6) is 0 Å². The van der Waals surface area contributed by atoms with Crippen LogP contribution in [0, 0.1) is 0 Å². The predicted molar refractivity (Wildman–Crippen MR) is 132 cm³/mol. The second-order valence-corrected chi connectivity index (χ2v) is 10.2. The Balaban J connectivity index is 1.74. The van der Waals surface area contributed by atoms with Crippen LogP contribution in [-0.2, 0) is 31.3 Å². The van der Waals surface area contributed by atoms with Crippen LogP contribution in [0.25, 0.3) is 0 Å². The van der Waals surface area contributed by atoms with Gasteiger partial charge in [0, 0.05) is 17.4 Å². The molecule has 1 heterocycles. The molecule has 0 bridgehead atoms. The van der Waals surface area contributed by atoms with Crippen molar-refractivity contribution >= 4 is 15.9 Å². The fourth-order valence-electron chi connectivity index (χ4n) is 3.70. The normalized spacial score (nSPS) is 11.8. The second-order valence-electron chi connectivity index (χ2n) is 9.29. The van der Waals surface area contributed by atoms with E-state index in [1.54, 1.807) is 4.68 Å². The number of rotatable bonds is 9. The largest absolute Gasteiger partial charge is 0.346 e. The molecule has 0 N–H and O–H groups in total. The zero-order valence-electron chi connectivity index (χ0n) is 19.2. The summed E-state index contributed by atoms with van der Waals surface area (Å²) < 4.78 is 4.62. The molecule has 0 fully saturated rings. The maximum Gasteiger partial charge on any atom is 0.346 e. The summed E-state index contributed by atoms with van der Waals surface area (Å²) in [6.07, 6.45) is 4.82. The molecule has 0 spiro atoms. The topological polar surface area (TPSA) is 39.8 Å². The van der Waals surface area contributed by atoms with E-state index in [1.165, 1.54) is 11.1 Å². The minimum absolute atomic E-state index is 0.00647. The number of unbranched alkanes of at least 4 members (excludes halogenated alkanes) is 1. The third kappa shape index (κ3) is 6.42. The third-order valence-electron chi connectivity index (χ3n) is 5.67. The van der Waals surface area contributed by atoms with E-state index in [0.29, 0.717) is 6.54 Å². The molecule has 0 aliphatic carbocycles. The number of hydrogen-bond acceptors (Lipinski definition) is 2. The van der Waals surface area contributed by atoms with Crippen molar-refractivity contribution in [3.05, 3.63) is 86.0 Å². The van der Waals surface area contributed by atoms with E-state index in [-0.39, 0.29) is 11.1 Å². The zero-order valence-corrected chi connectivity index (χ0v) is 20.8. The Morgan fingerprint density at radius 3 is 2.16 bits per heavy atom. The molecule has 1 aromatic heterocycles. The molecular weight excluding hydrogens is 450 g/mol. The lowest BCUT2D eigenvalue weighted by Crippen LogP contribution is -2.26. The lowest BCUT2D eigenvalue weighted by Gasteiger charge is -2.19. The van der Waals surface area contributed by atoms with Gasteiger partial charge in [-0.1, -0.05) is 86.4 Å². The average Bonchev–Trinajstić information content (AvgIpc) is 3.02. The van der Waals surface area contributed by atoms with Gasteiger partial charge in [0.25, 0.3) is 0 Å². The van der Waals surface area contributed by atoms with E-state index in [9.17, 15) is 4.79 Å². The average molecular weight is 484 g/mol. The first-order valence-corrected chi connectivity index (χ1v) is 12.1. The zero-order chi connectivity index (χ0) is 22.4. The van der Waals surface area contributed by atoms with Gasteiger partial charge in [-0.3, -0.25) is 4.57 Å². The van der Waals surface area contributed by atoms with Gasteiger partial charge in [0.15, 0.2) is 0 Å². The lowest BCUT2D eigenvalue weighted by molar-refractivity contribution is 0.571. The van der Waals surface area contributed by atoms with Crippen LogP contribution in [0.1, 0.15) is 69.5 Å². The van der Waals surface area contributed by atoms with E-state index in [2.05, 4.69) is 92.2 Å². The van der Waals surface area contributed by atoms with E-state index in [4.69, 9.17) is 5.10 Å². The van der Waals surface area contributed by atoms with Gasteiger partial charge in [-0.2, -0.15) is 5.10 Å². The van der Waals surface area contributed by atoms with Crippen molar-refractivity contribution in [2.45, 2.75) is 78.3 Å². The van der Waals surface area contributed by atoms with Gasteiger partial charge in [0.05, 0.1) is 6.54 Å². The summed E-state index contributed by atoms with van der Waals surface area (Å²) in [6.45, 7) is 10.0. The molecule has 5 heteroatoms. The fraction of sp³-hybridized carbons (Fsp3) is 0.462. The van der Waals surface area contributed by atoms with E-state index >= 15 is 0 Å². The Hall–Kier alpha value is -2.14. The van der Waals surface area contributed by atoms with Gasteiger partial charge < -0.3 is 0 Å². The highest BCUT2D eigenvalue weighted by Gasteiger charge is 2.15. The number of nitrogens with zero attached hydrogens (tertiary/aromatic N) is 3. The molecule has 0 amide bonds. The van der Waals surface area contributed by atoms with Crippen molar-refractivity contribution in [1.82, 2.24) is 14.3 Å². The first kappa shape index (κ1) is 23.5. The van der Waals surface area contributed by atoms with Gasteiger partial charge in [0.2, 0.25) is 0 Å². The highest BCUT2D eigenvalue weighted by molar-refractivity contribution is 9.10. The van der Waals surface area contributed by atoms with Crippen LogP contribution in [0.2, 0.25) is 0 Å². The van der Waals surface area contributed by atoms with Crippen molar-refractivity contribution in [2.75, 3.05) is 0 Å². The van der Waals surface area contributed by atoms with E-state index < -0.39 is 0 Å². The molecular formula is C26H34BrN3O. The summed E-state index contributed by atoms with van der Waals surface area (Å²) in [5.41, 5.74) is 3.84. The summed E-state index contributed by atoms with van der Waals surface area (Å²) in [5, 5.41) is 4.73. The van der Waals surface area contributed by atoms with Gasteiger partial charge in [-0.25, -0.2) is 9.48 Å². The van der Waals surface area contributed by atoms with Crippen molar-refractivity contribution in [1.29, 1.82) is 0 Å². The first-order chi connectivity index (χ1) is 14.8. The Morgan fingerprint density at radius 2 is 1.55 bits per heavy atom. The minimum atomic E-state index is 0.00647. The number of halogens is 1. The van der Waals surface area contributed by atoms with Gasteiger partial charge in [-0.05, 0) is 53.5 Å². The Bertz CT molecular complexity index is 1020. The van der Waals surface area contributed by atoms with Gasteiger partial charge in [0.1, 0.15) is 5.82 Å². The molecule has 0 aliphatic rings. The molecule has 0 saturated carbocycles. The molecule has 166 valence electrons. The standard InChI is InChI=1S/C26H34BrN3O/c1-5-6-18-29-24(9-7-8-20-12-16-23(27)17-13-20)28-30(25(29)31)19-21-10-14-22(15-11-21)26(2,3)4/h10-17H,5-9,18-19H2,1-4H3. The number of aromatic nitrogens is 3. The van der Waals surface area contributed by atoms with Crippen LogP contribution < -0.4 is 5.69 Å². The molecule has 0 radical (unpaired) electrons. The molecule has 0 unspecified atom stereocenters. The van der Waals surface area contributed by atoms with E-state index in [0.717, 1.165) is 54.5 Å². The van der Waals surface area contributed by atoms with E-state index in [1.807, 2.05) is 4.57 Å². The molecule has 2 aromatic carbocycles. The van der Waals surface area contributed by atoms with Crippen LogP contribution in [0.15, 0.2) is 57.8 Å². The smallest absolute Gasteiger partial charge is 0.279 e. The Kier molecular flexibility index (Phi) is 7.93. The van der Waals surface area contributed by atoms with Crippen molar-refractivity contribution in [3.8, 4) is 0 Å². The van der Waals surface area contributed by atoms with Gasteiger partial charge in [-0.15, -0.1) is 0 Å². The summed E-state index contributed by atoms with van der Waals surface area (Å²) in [7, 11) is 0. The second kappa shape index (κ2) is 10.4. The SMILES string of the molecule is CCCCn1c(CCCc2ccc(Br)cc2)nn(Cc2ccc(C(C)(C)C)cc2)c1=O. The number of hydrogen-bond donors (Lipinski definition) is 0. The van der Waals surface area contributed by atoms with Crippen molar-refractivity contribution in [3.63, 3.8) is 0 Å². The maximum atomic E-state index is 13.1. The highest BCUT2D eigenvalue weighted by atomic mass is 79.9. The Morgan fingerprint density at radius 1 is 0.903 bits per heavy atom. The quantitative estimate of drug-likeness (QED) is 0.367. The maximum absolute atomic E-state index is 13.1. The number of aryl methyl sites for hydroxylation is 2. The van der Waals surface area contributed by atoms with Crippen molar-refractivity contribution < 1.29 is 0 Å². The van der Waals surface area contributed by atoms with Gasteiger partial charge >= 0.3 is 5.69 Å². The third-order valence-corrected chi connectivity index (χ3v) is 6.19. The minimum Gasteiger partial charge on any atom is -0.279 e. The summed E-state index contributed by atoms with van der Waals surface area (Å²) in [4.78, 5) is 13.1. The summed E-state index contributed by atoms with van der Waals surface area (Å²) in [5.74, 6) is 0.905. The fourth-order valence-corrected chi connectivity index (χ4v) is 3.96. The predicted octanol–water partition coefficient (Wildman–Crippen LogP) is 6.13. The van der Waals surface area contributed by atoms with Crippen LogP contribution in [0.4, 0.5) is 0 Å². The Labute approximate surface area is 194 Å². The van der Waals surface area contributed by atoms with Crippen LogP contribution >= 0.6 is 15.9 Å². The highest BCUT2D eigenvalue weighted by Crippen LogP contribution is 2.22. The number of benzene rings is 2. The molecule has 0 atom stereocenters. The molecule has 31 heavy (non-hydrogen) atoms. The first-order valence-electron chi connectivity index (χ1n) is 11.3. The molecule has 3 rings (SSSR count). The summed E-state index contributed by atoms with van der Waals surface area (Å²) >= 11 is 3.48. The van der Waals surface area contributed by atoms with Crippen LogP contribution in [0.3, 0.4) is 0 Å². The molecule has 0 saturated heterocycles. The molecule has 0 aliphatic heterocycles. The summed E-state index contributed by atoms with van der Waals surface area (Å²) in [6, 6.07) is 17.0. The van der Waals surface area contributed by atoms with Crippen LogP contribution in [-0.4, -0.2) is 14.3 Å².